The summed E-state index contributed by atoms with van der Waals surface area (Å²) < 4.78 is 10.4. The number of hydrogen-bond acceptors (Lipinski definition) is 5. The molecule has 0 aliphatic rings. The lowest BCUT2D eigenvalue weighted by Gasteiger charge is -2.16. The molecular weight excluding hydrogens is 440 g/mol. The second-order valence-electron chi connectivity index (χ2n) is 6.27. The van der Waals surface area contributed by atoms with Crippen molar-refractivity contribution in [2.24, 2.45) is 0 Å². The second-order valence-corrected chi connectivity index (χ2v) is 7.06. The number of benzene rings is 2. The van der Waals surface area contributed by atoms with Crippen LogP contribution in [-0.2, 0) is 25.5 Å². The molecule has 0 saturated carbocycles. The number of nitrogens with one attached hydrogen (secondary N) is 2. The number of aromatic amines is 1. The molecule has 150 valence electrons. The van der Waals surface area contributed by atoms with Crippen LogP contribution in [0.5, 0.6) is 0 Å². The summed E-state index contributed by atoms with van der Waals surface area (Å²) in [4.78, 5) is 39.6. The predicted molar refractivity (Wildman–Crippen MR) is 110 cm³/mol. The highest BCUT2D eigenvalue weighted by atomic mass is 79.9. The lowest BCUT2D eigenvalue weighted by atomic mass is 10.1. The number of amides is 1. The monoisotopic (exact) mass is 458 g/mol. The molecule has 1 heterocycles. The molecule has 0 bridgehead atoms. The average Bonchev–Trinajstić information content (AvgIpc) is 3.08. The minimum Gasteiger partial charge on any atom is -0.467 e. The van der Waals surface area contributed by atoms with E-state index in [1.54, 1.807) is 0 Å². The zero-order chi connectivity index (χ0) is 20.8. The van der Waals surface area contributed by atoms with E-state index >= 15 is 0 Å². The van der Waals surface area contributed by atoms with Gasteiger partial charge in [-0.05, 0) is 27.6 Å². The minimum atomic E-state index is -0.881. The molecule has 1 unspecified atom stereocenters. The first-order valence-corrected chi connectivity index (χ1v) is 9.63. The number of aromatic nitrogens is 1. The van der Waals surface area contributed by atoms with Crippen LogP contribution in [0.4, 0.5) is 0 Å². The molecule has 0 aliphatic heterocycles. The number of rotatable bonds is 7. The summed E-state index contributed by atoms with van der Waals surface area (Å²) in [6.07, 6.45) is 0.265. The Bertz CT molecular complexity index is 1030. The Morgan fingerprint density at radius 2 is 1.76 bits per heavy atom. The summed E-state index contributed by atoms with van der Waals surface area (Å²) in [6.45, 7) is -0.525. The lowest BCUT2D eigenvalue weighted by Crippen LogP contribution is -2.44. The zero-order valence-electron chi connectivity index (χ0n) is 15.6. The summed E-state index contributed by atoms with van der Waals surface area (Å²) in [6, 6.07) is 15.7. The van der Waals surface area contributed by atoms with Gasteiger partial charge >= 0.3 is 11.9 Å². The van der Waals surface area contributed by atoms with Crippen LogP contribution in [0, 0.1) is 0 Å². The molecule has 0 saturated heterocycles. The van der Waals surface area contributed by atoms with Crippen molar-refractivity contribution in [3.8, 4) is 0 Å². The standard InChI is InChI=1S/C21H19BrN2O5/c1-28-20(26)16(11-13-7-3-2-4-8-13)23-17(25)12-29-21(27)19-18(22)14-9-5-6-10-15(14)24-19/h2-10,16,24H,11-12H2,1H3,(H,23,25). The van der Waals surface area contributed by atoms with Crippen LogP contribution in [0.3, 0.4) is 0 Å². The highest BCUT2D eigenvalue weighted by molar-refractivity contribution is 9.10. The maximum Gasteiger partial charge on any atom is 0.356 e. The number of carbonyl (C=O) groups excluding carboxylic acids is 3. The van der Waals surface area contributed by atoms with Gasteiger partial charge in [-0.1, -0.05) is 48.5 Å². The van der Waals surface area contributed by atoms with Gasteiger partial charge in [0.2, 0.25) is 0 Å². The van der Waals surface area contributed by atoms with Crippen LogP contribution < -0.4 is 5.32 Å². The predicted octanol–water partition coefficient (Wildman–Crippen LogP) is 2.99. The van der Waals surface area contributed by atoms with Crippen LogP contribution in [-0.4, -0.2) is 42.6 Å². The first-order chi connectivity index (χ1) is 14.0. The summed E-state index contributed by atoms with van der Waals surface area (Å²) >= 11 is 3.37. The van der Waals surface area contributed by atoms with Crippen LogP contribution in [0.2, 0.25) is 0 Å². The van der Waals surface area contributed by atoms with Crippen LogP contribution in [0.1, 0.15) is 16.1 Å². The van der Waals surface area contributed by atoms with Crippen molar-refractivity contribution < 1.29 is 23.9 Å². The van der Waals surface area contributed by atoms with E-state index < -0.39 is 30.5 Å². The molecule has 29 heavy (non-hydrogen) atoms. The number of hydrogen-bond donors (Lipinski definition) is 2. The van der Waals surface area contributed by atoms with Crippen LogP contribution in [0.15, 0.2) is 59.1 Å². The van der Waals surface area contributed by atoms with Gasteiger partial charge in [0.05, 0.1) is 11.6 Å². The molecule has 0 spiro atoms. The molecule has 8 heteroatoms. The van der Waals surface area contributed by atoms with Crippen LogP contribution >= 0.6 is 15.9 Å². The quantitative estimate of drug-likeness (QED) is 0.530. The smallest absolute Gasteiger partial charge is 0.356 e. The molecule has 3 aromatic rings. The van der Waals surface area contributed by atoms with E-state index in [-0.39, 0.29) is 12.1 Å². The van der Waals surface area contributed by atoms with E-state index in [9.17, 15) is 14.4 Å². The Hall–Kier alpha value is -3.13. The number of ether oxygens (including phenoxy) is 2. The van der Waals surface area contributed by atoms with Gasteiger partial charge in [-0.25, -0.2) is 9.59 Å². The van der Waals surface area contributed by atoms with Gasteiger partial charge in [0.25, 0.3) is 5.91 Å². The molecule has 2 N–H and O–H groups in total. The Labute approximate surface area is 175 Å². The average molecular weight is 459 g/mol. The fourth-order valence-corrected chi connectivity index (χ4v) is 3.48. The Kier molecular flexibility index (Phi) is 6.66. The van der Waals surface area contributed by atoms with Gasteiger partial charge in [0.1, 0.15) is 11.7 Å². The third kappa shape index (κ3) is 5.03. The van der Waals surface area contributed by atoms with E-state index in [1.807, 2.05) is 54.6 Å². The van der Waals surface area contributed by atoms with Gasteiger partial charge < -0.3 is 19.8 Å². The van der Waals surface area contributed by atoms with Crippen molar-refractivity contribution in [3.05, 3.63) is 70.3 Å². The van der Waals surface area contributed by atoms with Crippen molar-refractivity contribution in [2.75, 3.05) is 13.7 Å². The van der Waals surface area contributed by atoms with Gasteiger partial charge in [-0.3, -0.25) is 4.79 Å². The van der Waals surface area contributed by atoms with E-state index in [2.05, 4.69) is 26.2 Å². The highest BCUT2D eigenvalue weighted by Gasteiger charge is 2.23. The van der Waals surface area contributed by atoms with Gasteiger partial charge in [-0.15, -0.1) is 0 Å². The molecule has 7 nitrogen and oxygen atoms in total. The topological polar surface area (TPSA) is 97.5 Å². The molecule has 3 rings (SSSR count). The molecular formula is C21H19BrN2O5. The van der Waals surface area contributed by atoms with Gasteiger partial charge in [-0.2, -0.15) is 0 Å². The third-order valence-corrected chi connectivity index (χ3v) is 5.11. The van der Waals surface area contributed by atoms with E-state index in [4.69, 9.17) is 9.47 Å². The first-order valence-electron chi connectivity index (χ1n) is 8.84. The third-order valence-electron chi connectivity index (χ3n) is 4.28. The number of halogens is 1. The van der Waals surface area contributed by atoms with E-state index in [0.717, 1.165) is 16.5 Å². The fourth-order valence-electron chi connectivity index (χ4n) is 2.87. The van der Waals surface area contributed by atoms with Gasteiger partial charge in [0.15, 0.2) is 6.61 Å². The Morgan fingerprint density at radius 1 is 1.07 bits per heavy atom. The summed E-state index contributed by atoms with van der Waals surface area (Å²) in [5, 5.41) is 3.38. The fraction of sp³-hybridized carbons (Fsp3) is 0.190. The Morgan fingerprint density at radius 3 is 2.45 bits per heavy atom. The molecule has 1 aromatic heterocycles. The van der Waals surface area contributed by atoms with Crippen LogP contribution in [0.25, 0.3) is 10.9 Å². The normalized spacial score (nSPS) is 11.7. The first kappa shape index (κ1) is 20.6. The number of H-pyrrole nitrogens is 1. The molecule has 0 radical (unpaired) electrons. The SMILES string of the molecule is COC(=O)C(Cc1ccccc1)NC(=O)COC(=O)c1[nH]c2ccccc2c1Br. The van der Waals surface area contributed by atoms with Crippen molar-refractivity contribution in [1.29, 1.82) is 0 Å². The molecule has 0 aliphatic carbocycles. The van der Waals surface area contributed by atoms with Gasteiger partial charge in [0, 0.05) is 17.3 Å². The number of methoxy groups -OCH3 is 1. The van der Waals surface area contributed by atoms with E-state index in [0.29, 0.717) is 4.47 Å². The zero-order valence-corrected chi connectivity index (χ0v) is 17.2. The molecule has 1 amide bonds. The molecule has 1 atom stereocenters. The summed E-state index contributed by atoms with van der Waals surface area (Å²) in [7, 11) is 1.25. The maximum absolute atomic E-state index is 12.4. The summed E-state index contributed by atoms with van der Waals surface area (Å²) in [5.41, 5.74) is 1.85. The number of para-hydroxylation sites is 1. The molecule has 0 fully saturated rings. The van der Waals surface area contributed by atoms with Crippen molar-refractivity contribution in [3.63, 3.8) is 0 Å². The Balaban J connectivity index is 1.61. The number of carbonyl (C=O) groups is 3. The van der Waals surface area contributed by atoms with Crippen molar-refractivity contribution >= 4 is 44.7 Å². The highest BCUT2D eigenvalue weighted by Crippen LogP contribution is 2.28. The second kappa shape index (κ2) is 9.38. The minimum absolute atomic E-state index is 0.216. The van der Waals surface area contributed by atoms with Crippen molar-refractivity contribution in [1.82, 2.24) is 10.3 Å². The maximum atomic E-state index is 12.4. The number of esters is 2. The van der Waals surface area contributed by atoms with Crippen molar-refractivity contribution in [2.45, 2.75) is 12.5 Å². The lowest BCUT2D eigenvalue weighted by molar-refractivity contribution is -0.145. The molecule has 2 aromatic carbocycles. The van der Waals surface area contributed by atoms with E-state index in [1.165, 1.54) is 7.11 Å². The number of fused-ring (bicyclic) bond motifs is 1. The largest absolute Gasteiger partial charge is 0.467 e. The summed E-state index contributed by atoms with van der Waals surface area (Å²) in [5.74, 6) is -1.86.